The average molecular weight is 320 g/mol. The molecule has 0 fully saturated rings. The van der Waals surface area contributed by atoms with Crippen LogP contribution in [0.25, 0.3) is 0 Å². The van der Waals surface area contributed by atoms with Crippen molar-refractivity contribution in [2.45, 2.75) is 12.1 Å². The summed E-state index contributed by atoms with van der Waals surface area (Å²) in [7, 11) is 0. The predicted octanol–water partition coefficient (Wildman–Crippen LogP) is 4.41. The first-order valence-electron chi connectivity index (χ1n) is 7.59. The van der Waals surface area contributed by atoms with Crippen LogP contribution in [0.4, 0.5) is 0 Å². The standard InChI is InChI=1S/C20H17PS/c22-21(18-12-5-2-6-13-18)19-14-8-7-11-17(19)15-20(21)16-9-3-1-4-10-16/h1-14,20H,15H2. The van der Waals surface area contributed by atoms with Crippen LogP contribution < -0.4 is 10.6 Å². The van der Waals surface area contributed by atoms with Gasteiger partial charge in [-0.1, -0.05) is 66.7 Å². The third-order valence-corrected chi connectivity index (χ3v) is 10.1. The molecule has 0 N–H and O–H groups in total. The zero-order chi connectivity index (χ0) is 15.0. The first-order valence-corrected chi connectivity index (χ1v) is 10.5. The molecule has 2 atom stereocenters. The number of fused-ring (bicyclic) bond motifs is 1. The Hall–Kier alpha value is -1.56. The van der Waals surface area contributed by atoms with E-state index >= 15 is 0 Å². The van der Waals surface area contributed by atoms with Crippen molar-refractivity contribution in [2.24, 2.45) is 0 Å². The Morgan fingerprint density at radius 3 is 2.05 bits per heavy atom. The van der Waals surface area contributed by atoms with Crippen molar-refractivity contribution in [1.29, 1.82) is 0 Å². The lowest BCUT2D eigenvalue weighted by Gasteiger charge is -2.35. The normalized spacial score (nSPS) is 23.2. The van der Waals surface area contributed by atoms with Crippen LogP contribution in [0.2, 0.25) is 0 Å². The lowest BCUT2D eigenvalue weighted by atomic mass is 10.0. The van der Waals surface area contributed by atoms with E-state index in [1.807, 2.05) is 0 Å². The van der Waals surface area contributed by atoms with E-state index in [0.29, 0.717) is 5.66 Å². The van der Waals surface area contributed by atoms with Gasteiger partial charge in [-0.3, -0.25) is 0 Å². The molecule has 1 heterocycles. The predicted molar refractivity (Wildman–Crippen MR) is 99.3 cm³/mol. The summed E-state index contributed by atoms with van der Waals surface area (Å²) in [6.45, 7) is -1.81. The Balaban J connectivity index is 1.94. The number of hydrogen-bond donors (Lipinski definition) is 0. The molecule has 108 valence electrons. The average Bonchev–Trinajstić information content (AvgIpc) is 2.91. The Bertz CT molecular complexity index is 785. The van der Waals surface area contributed by atoms with Crippen molar-refractivity contribution < 1.29 is 0 Å². The van der Waals surface area contributed by atoms with E-state index < -0.39 is 6.46 Å². The molecule has 1 aliphatic rings. The topological polar surface area (TPSA) is 0 Å². The van der Waals surface area contributed by atoms with Crippen molar-refractivity contribution >= 4 is 29.3 Å². The molecule has 3 aromatic carbocycles. The van der Waals surface area contributed by atoms with Crippen molar-refractivity contribution in [1.82, 2.24) is 0 Å². The van der Waals surface area contributed by atoms with Gasteiger partial charge < -0.3 is 12.2 Å². The van der Waals surface area contributed by atoms with Crippen LogP contribution in [-0.4, -0.2) is 0 Å². The van der Waals surface area contributed by atoms with Crippen LogP contribution in [0.3, 0.4) is 0 Å². The highest BCUT2D eigenvalue weighted by Crippen LogP contribution is 2.70. The smallest absolute Gasteiger partial charge is 0.0886 e. The molecule has 2 heteroatoms. The van der Waals surface area contributed by atoms with E-state index in [4.69, 9.17) is 12.2 Å². The van der Waals surface area contributed by atoms with Gasteiger partial charge in [0.1, 0.15) is 0 Å². The highest BCUT2D eigenvalue weighted by atomic mass is 32.7. The Morgan fingerprint density at radius 2 is 1.32 bits per heavy atom. The molecule has 0 amide bonds. The third kappa shape index (κ3) is 2.12. The van der Waals surface area contributed by atoms with Gasteiger partial charge in [-0.2, -0.15) is 0 Å². The first-order chi connectivity index (χ1) is 10.8. The fourth-order valence-electron chi connectivity index (χ4n) is 3.48. The van der Waals surface area contributed by atoms with Crippen molar-refractivity contribution in [3.05, 3.63) is 96.1 Å². The van der Waals surface area contributed by atoms with E-state index in [0.717, 1.165) is 6.42 Å². The van der Waals surface area contributed by atoms with Crippen molar-refractivity contribution in [2.75, 3.05) is 0 Å². The second-order valence-corrected chi connectivity index (χ2v) is 10.4. The minimum absolute atomic E-state index is 0.420. The molecule has 0 saturated heterocycles. The Labute approximate surface area is 137 Å². The van der Waals surface area contributed by atoms with Gasteiger partial charge in [0.15, 0.2) is 0 Å². The van der Waals surface area contributed by atoms with Crippen LogP contribution in [0.15, 0.2) is 84.9 Å². The zero-order valence-corrected chi connectivity index (χ0v) is 13.9. The summed E-state index contributed by atoms with van der Waals surface area (Å²) in [4.78, 5) is 0. The van der Waals surface area contributed by atoms with E-state index in [2.05, 4.69) is 84.9 Å². The quantitative estimate of drug-likeness (QED) is 0.498. The molecule has 3 aromatic rings. The summed E-state index contributed by atoms with van der Waals surface area (Å²) in [6, 6.07) is 30.3. The van der Waals surface area contributed by atoms with Gasteiger partial charge in [-0.25, -0.2) is 0 Å². The monoisotopic (exact) mass is 320 g/mol. The van der Waals surface area contributed by atoms with E-state index in [-0.39, 0.29) is 0 Å². The summed E-state index contributed by atoms with van der Waals surface area (Å²) in [6.07, 6.45) is 1.06. The Kier molecular flexibility index (Phi) is 3.56. The van der Waals surface area contributed by atoms with Gasteiger partial charge in [-0.15, -0.1) is 0 Å². The lowest BCUT2D eigenvalue weighted by Crippen LogP contribution is -2.21. The molecule has 0 bridgehead atoms. The largest absolute Gasteiger partial charge is 0.545 e. The maximum absolute atomic E-state index is 6.40. The van der Waals surface area contributed by atoms with Gasteiger partial charge in [0, 0.05) is 6.42 Å². The molecule has 2 unspecified atom stereocenters. The molecule has 22 heavy (non-hydrogen) atoms. The molecule has 0 aliphatic carbocycles. The van der Waals surface area contributed by atoms with E-state index in [1.54, 1.807) is 0 Å². The van der Waals surface area contributed by atoms with Gasteiger partial charge >= 0.3 is 0 Å². The molecule has 0 radical (unpaired) electrons. The highest BCUT2D eigenvalue weighted by molar-refractivity contribution is 8.48. The lowest BCUT2D eigenvalue weighted by molar-refractivity contribution is 0.949. The molecule has 0 saturated carbocycles. The Morgan fingerprint density at radius 1 is 0.727 bits per heavy atom. The van der Waals surface area contributed by atoms with E-state index in [9.17, 15) is 0 Å². The molecule has 0 aromatic heterocycles. The second kappa shape index (κ2) is 5.57. The SMILES string of the molecule is [S-][P+]1(c2ccccc2)c2ccccc2CC1c1ccccc1. The van der Waals surface area contributed by atoms with Crippen LogP contribution in [0.5, 0.6) is 0 Å². The number of hydrogen-bond acceptors (Lipinski definition) is 1. The fraction of sp³-hybridized carbons (Fsp3) is 0.100. The zero-order valence-electron chi connectivity index (χ0n) is 12.2. The third-order valence-electron chi connectivity index (χ3n) is 4.53. The van der Waals surface area contributed by atoms with Crippen molar-refractivity contribution in [3.63, 3.8) is 0 Å². The van der Waals surface area contributed by atoms with Crippen LogP contribution in [-0.2, 0) is 18.7 Å². The fourth-order valence-corrected chi connectivity index (χ4v) is 8.51. The van der Waals surface area contributed by atoms with Gasteiger partial charge in [0.2, 0.25) is 0 Å². The summed E-state index contributed by atoms with van der Waals surface area (Å²) in [5, 5.41) is 2.74. The second-order valence-electron chi connectivity index (χ2n) is 5.75. The summed E-state index contributed by atoms with van der Waals surface area (Å²) >= 11 is 6.40. The molecule has 0 spiro atoms. The van der Waals surface area contributed by atoms with Gasteiger partial charge in [0.05, 0.1) is 16.3 Å². The van der Waals surface area contributed by atoms with Crippen LogP contribution in [0, 0.1) is 0 Å². The molecule has 4 rings (SSSR count). The first kappa shape index (κ1) is 14.1. The van der Waals surface area contributed by atoms with Gasteiger partial charge in [0.25, 0.3) is 0 Å². The molecule has 1 aliphatic heterocycles. The van der Waals surface area contributed by atoms with Gasteiger partial charge in [-0.05, 0) is 35.8 Å². The van der Waals surface area contributed by atoms with E-state index in [1.165, 1.54) is 21.7 Å². The summed E-state index contributed by atoms with van der Waals surface area (Å²) in [5.74, 6) is 0. The summed E-state index contributed by atoms with van der Waals surface area (Å²) in [5.41, 5.74) is 3.23. The maximum atomic E-state index is 6.40. The molecular weight excluding hydrogens is 303 g/mol. The van der Waals surface area contributed by atoms with Crippen molar-refractivity contribution in [3.8, 4) is 0 Å². The maximum Gasteiger partial charge on any atom is 0.0886 e. The molecule has 0 nitrogen and oxygen atoms in total. The summed E-state index contributed by atoms with van der Waals surface area (Å²) < 4.78 is 0. The molecular formula is C20H17PS. The number of rotatable bonds is 2. The van der Waals surface area contributed by atoms with Crippen LogP contribution in [0.1, 0.15) is 16.8 Å². The van der Waals surface area contributed by atoms with Crippen LogP contribution >= 0.6 is 6.46 Å². The number of benzene rings is 3. The minimum Gasteiger partial charge on any atom is -0.545 e. The minimum atomic E-state index is -1.81. The highest BCUT2D eigenvalue weighted by Gasteiger charge is 2.46.